The summed E-state index contributed by atoms with van der Waals surface area (Å²) >= 11 is 2.42. The Balaban J connectivity index is 1.32. The number of ether oxygens (including phenoxy) is 1. The molecule has 238 valence electrons. The number of anilines is 1. The first-order chi connectivity index (χ1) is 22.7. The highest BCUT2D eigenvalue weighted by Crippen LogP contribution is 2.44. The molecule has 1 aliphatic rings. The average molecular weight is 666 g/mol. The van der Waals surface area contributed by atoms with Gasteiger partial charge in [-0.15, -0.1) is 10.2 Å². The standard InChI is InChI=1S/C37H32FN3O4S2/c1-22(2)24-12-14-25(15-13-24)32-31(33(42)26-16-18-29(19-17-26)45-20-27-9-5-4-8-23(27)3)34(43)35(44)41(32)36-39-40-37(47-36)46-21-28-10-6-7-11-30(28)38/h4-19,22,32,42H,20-21H2,1-3H3/b33-31+. The number of nitrogens with zero attached hydrogens (tertiary/aromatic N) is 3. The largest absolute Gasteiger partial charge is 0.507 e. The van der Waals surface area contributed by atoms with Gasteiger partial charge >= 0.3 is 5.91 Å². The number of aliphatic hydroxyl groups is 1. The second-order valence-corrected chi connectivity index (χ2v) is 13.6. The Hall–Kier alpha value is -4.80. The molecule has 5 aromatic rings. The third-order valence-electron chi connectivity index (χ3n) is 8.06. The van der Waals surface area contributed by atoms with Crippen molar-refractivity contribution in [2.45, 2.75) is 49.4 Å². The molecule has 0 saturated carbocycles. The van der Waals surface area contributed by atoms with Crippen LogP contribution < -0.4 is 9.64 Å². The molecule has 4 aromatic carbocycles. The number of benzene rings is 4. The molecule has 0 aliphatic carbocycles. The highest BCUT2D eigenvalue weighted by Gasteiger charge is 2.48. The van der Waals surface area contributed by atoms with Gasteiger partial charge in [0.05, 0.1) is 11.6 Å². The molecule has 1 amide bonds. The second kappa shape index (κ2) is 13.9. The number of halogens is 1. The van der Waals surface area contributed by atoms with E-state index in [1.807, 2.05) is 55.5 Å². The lowest BCUT2D eigenvalue weighted by molar-refractivity contribution is -0.132. The third-order valence-corrected chi connectivity index (χ3v) is 10.2. The highest BCUT2D eigenvalue weighted by molar-refractivity contribution is 8.00. The average Bonchev–Trinajstić information content (AvgIpc) is 3.65. The van der Waals surface area contributed by atoms with E-state index in [1.165, 1.54) is 22.7 Å². The molecule has 1 N–H and O–H groups in total. The molecule has 10 heteroatoms. The fourth-order valence-corrected chi connectivity index (χ4v) is 7.17. The Morgan fingerprint density at radius 2 is 1.62 bits per heavy atom. The summed E-state index contributed by atoms with van der Waals surface area (Å²) in [6, 6.07) is 27.9. The molecule has 2 heterocycles. The van der Waals surface area contributed by atoms with Gasteiger partial charge in [0.1, 0.15) is 23.9 Å². The van der Waals surface area contributed by atoms with Gasteiger partial charge < -0.3 is 9.84 Å². The lowest BCUT2D eigenvalue weighted by Crippen LogP contribution is -2.29. The van der Waals surface area contributed by atoms with Crippen molar-refractivity contribution in [1.82, 2.24) is 10.2 Å². The zero-order chi connectivity index (χ0) is 33.1. The van der Waals surface area contributed by atoms with Gasteiger partial charge in [0.15, 0.2) is 4.34 Å². The maximum absolute atomic E-state index is 14.2. The van der Waals surface area contributed by atoms with E-state index in [-0.39, 0.29) is 28.2 Å². The summed E-state index contributed by atoms with van der Waals surface area (Å²) in [5.74, 6) is -1.05. The summed E-state index contributed by atoms with van der Waals surface area (Å²) < 4.78 is 20.7. The maximum atomic E-state index is 14.2. The normalized spacial score (nSPS) is 15.9. The van der Waals surface area contributed by atoms with E-state index in [1.54, 1.807) is 42.5 Å². The van der Waals surface area contributed by atoms with Gasteiger partial charge in [-0.1, -0.05) is 104 Å². The maximum Gasteiger partial charge on any atom is 0.301 e. The fourth-order valence-electron chi connectivity index (χ4n) is 5.32. The number of ketones is 1. The van der Waals surface area contributed by atoms with E-state index in [9.17, 15) is 19.1 Å². The van der Waals surface area contributed by atoms with Crippen LogP contribution >= 0.6 is 23.1 Å². The van der Waals surface area contributed by atoms with Gasteiger partial charge in [0, 0.05) is 11.3 Å². The van der Waals surface area contributed by atoms with Crippen LogP contribution in [0.5, 0.6) is 5.75 Å². The number of Topliss-reactive ketones (excluding diaryl/α,β-unsaturated/α-hetero) is 1. The first kappa shape index (κ1) is 32.2. The van der Waals surface area contributed by atoms with Crippen LogP contribution in [0.4, 0.5) is 9.52 Å². The van der Waals surface area contributed by atoms with Gasteiger partial charge in [-0.2, -0.15) is 0 Å². The smallest absolute Gasteiger partial charge is 0.301 e. The molecule has 1 saturated heterocycles. The number of amides is 1. The number of thioether (sulfide) groups is 1. The minimum absolute atomic E-state index is 0.0448. The van der Waals surface area contributed by atoms with Crippen LogP contribution in [0.2, 0.25) is 0 Å². The van der Waals surface area contributed by atoms with Crippen molar-refractivity contribution in [1.29, 1.82) is 0 Å². The minimum atomic E-state index is -0.939. The van der Waals surface area contributed by atoms with Crippen molar-refractivity contribution in [3.05, 3.63) is 142 Å². The molecular weight excluding hydrogens is 634 g/mol. The van der Waals surface area contributed by atoms with Crippen LogP contribution in [0.3, 0.4) is 0 Å². The number of aromatic nitrogens is 2. The number of rotatable bonds is 10. The molecule has 1 atom stereocenters. The summed E-state index contributed by atoms with van der Waals surface area (Å²) in [5.41, 5.74) is 4.77. The number of hydrogen-bond donors (Lipinski definition) is 1. The van der Waals surface area contributed by atoms with Crippen molar-refractivity contribution in [2.24, 2.45) is 0 Å². The Labute approximate surface area is 280 Å². The Morgan fingerprint density at radius 3 is 2.30 bits per heavy atom. The van der Waals surface area contributed by atoms with Gasteiger partial charge in [-0.05, 0) is 71.0 Å². The van der Waals surface area contributed by atoms with E-state index < -0.39 is 17.7 Å². The van der Waals surface area contributed by atoms with E-state index in [0.29, 0.717) is 39.1 Å². The lowest BCUT2D eigenvalue weighted by atomic mass is 9.93. The lowest BCUT2D eigenvalue weighted by Gasteiger charge is -2.23. The quantitative estimate of drug-likeness (QED) is 0.0525. The topological polar surface area (TPSA) is 92.6 Å². The van der Waals surface area contributed by atoms with Gasteiger partial charge in [0.2, 0.25) is 5.13 Å². The summed E-state index contributed by atoms with van der Waals surface area (Å²) in [6.45, 7) is 6.57. The zero-order valence-corrected chi connectivity index (χ0v) is 27.6. The van der Waals surface area contributed by atoms with E-state index in [0.717, 1.165) is 28.0 Å². The first-order valence-corrected chi connectivity index (χ1v) is 16.9. The first-order valence-electron chi connectivity index (χ1n) is 15.1. The Morgan fingerprint density at radius 1 is 0.936 bits per heavy atom. The number of hydrogen-bond acceptors (Lipinski definition) is 8. The van der Waals surface area contributed by atoms with E-state index in [4.69, 9.17) is 4.74 Å². The molecule has 1 fully saturated rings. The Bertz CT molecular complexity index is 1960. The predicted molar refractivity (Wildman–Crippen MR) is 183 cm³/mol. The monoisotopic (exact) mass is 665 g/mol. The highest BCUT2D eigenvalue weighted by atomic mass is 32.2. The van der Waals surface area contributed by atoms with E-state index >= 15 is 0 Å². The van der Waals surface area contributed by atoms with Crippen LogP contribution in [-0.2, 0) is 21.9 Å². The second-order valence-electron chi connectivity index (χ2n) is 11.5. The number of aliphatic hydroxyl groups excluding tert-OH is 1. The third kappa shape index (κ3) is 6.84. The SMILES string of the molecule is Cc1ccccc1COc1ccc(/C(O)=C2\C(=O)C(=O)N(c3nnc(SCc4ccccc4F)s3)C2c2ccc(C(C)C)cc2)cc1. The number of carbonyl (C=O) groups excluding carboxylic acids is 2. The molecule has 1 aliphatic heterocycles. The van der Waals surface area contributed by atoms with Crippen molar-refractivity contribution in [2.75, 3.05) is 4.90 Å². The number of carbonyl (C=O) groups is 2. The van der Waals surface area contributed by atoms with Gasteiger partial charge in [0.25, 0.3) is 5.78 Å². The molecular formula is C37H32FN3O4S2. The molecule has 7 nitrogen and oxygen atoms in total. The summed E-state index contributed by atoms with van der Waals surface area (Å²) in [6.07, 6.45) is 0. The van der Waals surface area contributed by atoms with Crippen molar-refractivity contribution in [3.63, 3.8) is 0 Å². The molecule has 0 spiro atoms. The molecule has 1 aromatic heterocycles. The molecule has 1 unspecified atom stereocenters. The molecule has 47 heavy (non-hydrogen) atoms. The summed E-state index contributed by atoms with van der Waals surface area (Å²) in [5, 5.41) is 20.3. The van der Waals surface area contributed by atoms with Crippen LogP contribution in [0.15, 0.2) is 107 Å². The van der Waals surface area contributed by atoms with Gasteiger partial charge in [-0.3, -0.25) is 14.5 Å². The van der Waals surface area contributed by atoms with Crippen LogP contribution in [-0.4, -0.2) is 27.0 Å². The summed E-state index contributed by atoms with van der Waals surface area (Å²) in [4.78, 5) is 28.6. The summed E-state index contributed by atoms with van der Waals surface area (Å²) in [7, 11) is 0. The number of aryl methyl sites for hydroxylation is 1. The van der Waals surface area contributed by atoms with Crippen molar-refractivity contribution in [3.8, 4) is 5.75 Å². The van der Waals surface area contributed by atoms with Crippen LogP contribution in [0.25, 0.3) is 5.76 Å². The van der Waals surface area contributed by atoms with E-state index in [2.05, 4.69) is 24.0 Å². The molecule has 0 bridgehead atoms. The van der Waals surface area contributed by atoms with Crippen LogP contribution in [0.1, 0.15) is 59.2 Å². The molecule has 6 rings (SSSR count). The van der Waals surface area contributed by atoms with Crippen molar-refractivity contribution < 1.29 is 23.8 Å². The fraction of sp³-hybridized carbons (Fsp3) is 0.189. The van der Waals surface area contributed by atoms with Crippen LogP contribution in [0, 0.1) is 12.7 Å². The minimum Gasteiger partial charge on any atom is -0.507 e. The van der Waals surface area contributed by atoms with Crippen molar-refractivity contribution >= 4 is 45.7 Å². The molecule has 0 radical (unpaired) electrons. The van der Waals surface area contributed by atoms with Gasteiger partial charge in [-0.25, -0.2) is 4.39 Å². The zero-order valence-electron chi connectivity index (χ0n) is 26.0. The predicted octanol–water partition coefficient (Wildman–Crippen LogP) is 8.61. The Kier molecular flexibility index (Phi) is 9.51.